The van der Waals surface area contributed by atoms with Crippen molar-refractivity contribution in [3.05, 3.63) is 35.6 Å². The number of nitrogens with zero attached hydrogens (tertiary/aromatic N) is 6. The molecule has 12 nitrogen and oxygen atoms in total. The Balaban J connectivity index is 1.00. The number of carbonyl (C=O) groups is 2. The maximum absolute atomic E-state index is 12.4. The monoisotopic (exact) mass is 496 g/mol. The van der Waals surface area contributed by atoms with E-state index in [2.05, 4.69) is 20.3 Å². The fourth-order valence-corrected chi connectivity index (χ4v) is 4.60. The zero-order valence-corrected chi connectivity index (χ0v) is 19.9. The third kappa shape index (κ3) is 4.82. The van der Waals surface area contributed by atoms with E-state index in [-0.39, 0.29) is 13.1 Å². The number of hydrogen-bond acceptors (Lipinski definition) is 12. The first-order valence-corrected chi connectivity index (χ1v) is 12.6. The van der Waals surface area contributed by atoms with Crippen LogP contribution in [0.15, 0.2) is 21.2 Å². The van der Waals surface area contributed by atoms with Gasteiger partial charge in [0, 0.05) is 36.1 Å². The van der Waals surface area contributed by atoms with Crippen LogP contribution >= 0.6 is 0 Å². The molecule has 0 unspecified atom stereocenters. The summed E-state index contributed by atoms with van der Waals surface area (Å²) in [6.45, 7) is 1.40. The summed E-state index contributed by atoms with van der Waals surface area (Å²) in [7, 11) is 0. The van der Waals surface area contributed by atoms with Crippen molar-refractivity contribution in [3.8, 4) is 0 Å². The van der Waals surface area contributed by atoms with Crippen LogP contribution in [0.5, 0.6) is 0 Å². The van der Waals surface area contributed by atoms with Crippen LogP contribution in [-0.2, 0) is 19.3 Å². The molecule has 0 amide bonds. The fraction of sp³-hybridized carbons (Fsp3) is 0.583. The number of rotatable bonds is 6. The highest BCUT2D eigenvalue weighted by molar-refractivity contribution is 6.29. The highest BCUT2D eigenvalue weighted by Crippen LogP contribution is 2.36. The molecule has 12 heteroatoms. The van der Waals surface area contributed by atoms with Crippen LogP contribution in [0.3, 0.4) is 0 Å². The summed E-state index contributed by atoms with van der Waals surface area (Å²) in [5.41, 5.74) is 1.54. The molecule has 4 heterocycles. The molecular weight excluding hydrogens is 468 g/mol. The van der Waals surface area contributed by atoms with Crippen molar-refractivity contribution in [2.24, 2.45) is 0 Å². The van der Waals surface area contributed by atoms with E-state index in [1.54, 1.807) is 0 Å². The van der Waals surface area contributed by atoms with Crippen molar-refractivity contribution in [2.45, 2.75) is 63.2 Å². The molecule has 0 saturated heterocycles. The molecule has 0 N–H and O–H groups in total. The molecule has 6 rings (SSSR count). The quantitative estimate of drug-likeness (QED) is 0.544. The zero-order valence-electron chi connectivity index (χ0n) is 19.9. The molecule has 2 aromatic heterocycles. The van der Waals surface area contributed by atoms with Gasteiger partial charge in [-0.2, -0.15) is 9.97 Å². The Morgan fingerprint density at radius 3 is 1.58 bits per heavy atom. The van der Waals surface area contributed by atoms with Crippen molar-refractivity contribution >= 4 is 23.1 Å². The van der Waals surface area contributed by atoms with Gasteiger partial charge in [0.15, 0.2) is 11.6 Å². The van der Waals surface area contributed by atoms with E-state index in [0.717, 1.165) is 48.5 Å². The lowest BCUT2D eigenvalue weighted by Crippen LogP contribution is -2.39. The Morgan fingerprint density at radius 2 is 1.19 bits per heavy atom. The second-order valence-electron chi connectivity index (χ2n) is 9.69. The normalized spacial score (nSPS) is 21.8. The van der Waals surface area contributed by atoms with Crippen molar-refractivity contribution in [1.82, 2.24) is 30.4 Å². The Kier molecular flexibility index (Phi) is 6.36. The van der Waals surface area contributed by atoms with E-state index < -0.39 is 11.9 Å². The van der Waals surface area contributed by atoms with Crippen LogP contribution in [0, 0.1) is 0 Å². The van der Waals surface area contributed by atoms with E-state index in [1.165, 1.54) is 23.0 Å². The number of hydrogen-bond donors (Lipinski definition) is 0. The average molecular weight is 497 g/mol. The standard InChI is InChI=1S/C24H28N6O6/c31-23(35-29-11-3-9-17(13-29)21-25-19(27-33-21)15-5-1-6-15)24(32)36-30-12-4-10-18(14-30)22-26-20(28-34-22)16-7-2-8-16/h9-10,15-16H,1-8,11-14H2. The minimum absolute atomic E-state index is 0.252. The Bertz CT molecular complexity index is 1100. The molecule has 2 saturated carbocycles. The Morgan fingerprint density at radius 1 is 0.750 bits per heavy atom. The van der Waals surface area contributed by atoms with Crippen molar-refractivity contribution in [3.63, 3.8) is 0 Å². The van der Waals surface area contributed by atoms with E-state index in [0.29, 0.717) is 49.5 Å². The lowest BCUT2D eigenvalue weighted by atomic mass is 9.85. The van der Waals surface area contributed by atoms with Gasteiger partial charge in [-0.3, -0.25) is 0 Å². The first-order valence-electron chi connectivity index (χ1n) is 12.6. The minimum atomic E-state index is -1.09. The summed E-state index contributed by atoms with van der Waals surface area (Å²) in [5.74, 6) is 0.865. The van der Waals surface area contributed by atoms with Gasteiger partial charge in [-0.1, -0.05) is 35.3 Å². The first-order chi connectivity index (χ1) is 17.6. The molecule has 0 spiro atoms. The van der Waals surface area contributed by atoms with Crippen molar-refractivity contribution < 1.29 is 28.3 Å². The van der Waals surface area contributed by atoms with Crippen molar-refractivity contribution in [1.29, 1.82) is 0 Å². The zero-order chi connectivity index (χ0) is 24.5. The number of hydroxylamine groups is 4. The van der Waals surface area contributed by atoms with Crippen LogP contribution in [0.2, 0.25) is 0 Å². The van der Waals surface area contributed by atoms with Gasteiger partial charge in [0.1, 0.15) is 0 Å². The molecule has 2 aliphatic carbocycles. The highest BCUT2D eigenvalue weighted by atomic mass is 16.8. The Hall–Kier alpha value is -3.38. The van der Waals surface area contributed by atoms with Crippen LogP contribution in [0.4, 0.5) is 0 Å². The molecular formula is C24H28N6O6. The van der Waals surface area contributed by atoms with Crippen LogP contribution in [0.1, 0.15) is 86.6 Å². The molecule has 190 valence electrons. The van der Waals surface area contributed by atoms with Crippen LogP contribution in [-0.4, -0.2) is 68.5 Å². The SMILES string of the molecule is O=C(ON1CCC=C(c2nc(C3CCC3)no2)C1)C(=O)ON1CCC=C(c2nc(C3CCC3)no2)C1. The molecule has 0 atom stereocenters. The molecule has 0 radical (unpaired) electrons. The molecule has 4 aliphatic rings. The number of carbonyl (C=O) groups excluding carboxylic acids is 2. The van der Waals surface area contributed by atoms with E-state index in [9.17, 15) is 9.59 Å². The first kappa shape index (κ1) is 23.0. The highest BCUT2D eigenvalue weighted by Gasteiger charge is 2.31. The van der Waals surface area contributed by atoms with Crippen LogP contribution in [0.25, 0.3) is 11.1 Å². The maximum Gasteiger partial charge on any atom is 0.438 e. The van der Waals surface area contributed by atoms with Gasteiger partial charge in [-0.25, -0.2) is 9.59 Å². The average Bonchev–Trinajstić information content (AvgIpc) is 3.48. The molecule has 0 bridgehead atoms. The summed E-state index contributed by atoms with van der Waals surface area (Å²) in [6.07, 6.45) is 11.9. The van der Waals surface area contributed by atoms with Gasteiger partial charge in [0.05, 0.1) is 13.1 Å². The second-order valence-corrected chi connectivity index (χ2v) is 9.69. The van der Waals surface area contributed by atoms with E-state index >= 15 is 0 Å². The lowest BCUT2D eigenvalue weighted by Gasteiger charge is -2.26. The smallest absolute Gasteiger partial charge is 0.359 e. The van der Waals surface area contributed by atoms with E-state index in [4.69, 9.17) is 18.7 Å². The molecule has 36 heavy (non-hydrogen) atoms. The third-order valence-electron chi connectivity index (χ3n) is 7.20. The van der Waals surface area contributed by atoms with Crippen LogP contribution < -0.4 is 0 Å². The third-order valence-corrected chi connectivity index (χ3v) is 7.20. The van der Waals surface area contributed by atoms with Gasteiger partial charge in [-0.15, -0.1) is 10.1 Å². The molecule has 0 aromatic carbocycles. The summed E-state index contributed by atoms with van der Waals surface area (Å²) in [4.78, 5) is 44.5. The lowest BCUT2D eigenvalue weighted by molar-refractivity contribution is -0.215. The van der Waals surface area contributed by atoms with Gasteiger partial charge >= 0.3 is 11.9 Å². The van der Waals surface area contributed by atoms with Gasteiger partial charge in [-0.05, 0) is 38.5 Å². The predicted molar refractivity (Wildman–Crippen MR) is 122 cm³/mol. The second kappa shape index (κ2) is 9.94. The summed E-state index contributed by atoms with van der Waals surface area (Å²) in [6, 6.07) is 0. The fourth-order valence-electron chi connectivity index (χ4n) is 4.60. The summed E-state index contributed by atoms with van der Waals surface area (Å²) >= 11 is 0. The number of aromatic nitrogens is 4. The summed E-state index contributed by atoms with van der Waals surface area (Å²) in [5, 5.41) is 11.0. The van der Waals surface area contributed by atoms with Gasteiger partial charge in [0.2, 0.25) is 0 Å². The maximum atomic E-state index is 12.4. The van der Waals surface area contributed by atoms with E-state index in [1.807, 2.05) is 12.2 Å². The van der Waals surface area contributed by atoms with Gasteiger partial charge in [0.25, 0.3) is 11.8 Å². The Labute approximate surface area is 207 Å². The van der Waals surface area contributed by atoms with Crippen molar-refractivity contribution in [2.75, 3.05) is 26.2 Å². The topological polar surface area (TPSA) is 137 Å². The molecule has 2 aliphatic heterocycles. The summed E-state index contributed by atoms with van der Waals surface area (Å²) < 4.78 is 10.8. The predicted octanol–water partition coefficient (Wildman–Crippen LogP) is 2.78. The minimum Gasteiger partial charge on any atom is -0.359 e. The molecule has 2 fully saturated rings. The molecule has 2 aromatic rings. The largest absolute Gasteiger partial charge is 0.438 e. The van der Waals surface area contributed by atoms with Gasteiger partial charge < -0.3 is 18.7 Å².